The minimum atomic E-state index is -3.37. The molecule has 6 heteroatoms. The number of rotatable bonds is 7. The Balaban J connectivity index is 1.96. The molecule has 0 spiro atoms. The van der Waals surface area contributed by atoms with Gasteiger partial charge in [-0.05, 0) is 42.7 Å². The quantitative estimate of drug-likeness (QED) is 0.838. The molecule has 0 aliphatic rings. The van der Waals surface area contributed by atoms with Crippen LogP contribution in [0.4, 0.5) is 11.4 Å². The summed E-state index contributed by atoms with van der Waals surface area (Å²) < 4.78 is 26.2. The second-order valence-electron chi connectivity index (χ2n) is 5.60. The number of nitrogens with zero attached hydrogens (tertiary/aromatic N) is 1. The van der Waals surface area contributed by atoms with E-state index in [2.05, 4.69) is 5.32 Å². The van der Waals surface area contributed by atoms with E-state index in [-0.39, 0.29) is 11.7 Å². The molecular formula is C18H22N2O3S. The van der Waals surface area contributed by atoms with Crippen LogP contribution in [0.3, 0.4) is 0 Å². The number of nitrogens with one attached hydrogen (secondary N) is 1. The topological polar surface area (TPSA) is 66.5 Å². The van der Waals surface area contributed by atoms with Crippen LogP contribution >= 0.6 is 0 Å². The summed E-state index contributed by atoms with van der Waals surface area (Å²) in [7, 11) is -1.83. The SMILES string of the molecule is CC(=O)Nc1ccc(N(C)S(=O)(=O)CCCc2ccccc2)cc1. The Labute approximate surface area is 143 Å². The molecule has 0 atom stereocenters. The number of sulfonamides is 1. The number of anilines is 2. The molecule has 24 heavy (non-hydrogen) atoms. The van der Waals surface area contributed by atoms with Gasteiger partial charge >= 0.3 is 0 Å². The fourth-order valence-electron chi connectivity index (χ4n) is 2.36. The van der Waals surface area contributed by atoms with Crippen molar-refractivity contribution >= 4 is 27.3 Å². The molecule has 0 aromatic heterocycles. The molecule has 2 rings (SSSR count). The fourth-order valence-corrected chi connectivity index (χ4v) is 3.58. The van der Waals surface area contributed by atoms with Crippen molar-refractivity contribution in [2.45, 2.75) is 19.8 Å². The lowest BCUT2D eigenvalue weighted by Gasteiger charge is -2.19. The smallest absolute Gasteiger partial charge is 0.234 e. The monoisotopic (exact) mass is 346 g/mol. The average molecular weight is 346 g/mol. The van der Waals surface area contributed by atoms with Crippen LogP contribution in [0.25, 0.3) is 0 Å². The van der Waals surface area contributed by atoms with Crippen LogP contribution in [-0.4, -0.2) is 27.1 Å². The first kappa shape index (κ1) is 18.0. The van der Waals surface area contributed by atoms with E-state index in [4.69, 9.17) is 0 Å². The zero-order chi connectivity index (χ0) is 17.6. The molecule has 0 bridgehead atoms. The van der Waals surface area contributed by atoms with E-state index in [1.807, 2.05) is 30.3 Å². The second-order valence-corrected chi connectivity index (χ2v) is 7.72. The van der Waals surface area contributed by atoms with Crippen molar-refractivity contribution in [1.82, 2.24) is 0 Å². The summed E-state index contributed by atoms with van der Waals surface area (Å²) in [6.07, 6.45) is 1.30. The van der Waals surface area contributed by atoms with E-state index < -0.39 is 10.0 Å². The minimum absolute atomic E-state index is 0.0891. The second kappa shape index (κ2) is 7.97. The van der Waals surface area contributed by atoms with Crippen LogP contribution in [0.5, 0.6) is 0 Å². The predicted octanol–water partition coefficient (Wildman–Crippen LogP) is 3.04. The van der Waals surface area contributed by atoms with Crippen molar-refractivity contribution in [1.29, 1.82) is 0 Å². The maximum atomic E-state index is 12.4. The third-order valence-corrected chi connectivity index (χ3v) is 5.53. The maximum Gasteiger partial charge on any atom is 0.234 e. The molecule has 128 valence electrons. The minimum Gasteiger partial charge on any atom is -0.326 e. The van der Waals surface area contributed by atoms with Gasteiger partial charge in [0.1, 0.15) is 0 Å². The van der Waals surface area contributed by atoms with E-state index in [0.717, 1.165) is 12.0 Å². The zero-order valence-electron chi connectivity index (χ0n) is 13.9. The highest BCUT2D eigenvalue weighted by Gasteiger charge is 2.18. The van der Waals surface area contributed by atoms with E-state index in [1.54, 1.807) is 31.3 Å². The van der Waals surface area contributed by atoms with Gasteiger partial charge in [-0.15, -0.1) is 0 Å². The average Bonchev–Trinajstić information content (AvgIpc) is 2.55. The number of hydrogen-bond donors (Lipinski definition) is 1. The first-order valence-corrected chi connectivity index (χ1v) is 9.37. The Kier molecular flexibility index (Phi) is 5.98. The highest BCUT2D eigenvalue weighted by molar-refractivity contribution is 7.92. The van der Waals surface area contributed by atoms with Crippen molar-refractivity contribution in [2.24, 2.45) is 0 Å². The van der Waals surface area contributed by atoms with E-state index in [9.17, 15) is 13.2 Å². The number of carbonyl (C=O) groups excluding carboxylic acids is 1. The number of hydrogen-bond acceptors (Lipinski definition) is 3. The van der Waals surface area contributed by atoms with Crippen molar-refractivity contribution in [3.8, 4) is 0 Å². The molecule has 1 amide bonds. The fraction of sp³-hybridized carbons (Fsp3) is 0.278. The van der Waals surface area contributed by atoms with Crippen molar-refractivity contribution in [3.05, 3.63) is 60.2 Å². The summed E-state index contributed by atoms with van der Waals surface area (Å²) in [4.78, 5) is 11.0. The Morgan fingerprint density at radius 1 is 1.04 bits per heavy atom. The molecule has 0 radical (unpaired) electrons. The van der Waals surface area contributed by atoms with Crippen LogP contribution in [0.15, 0.2) is 54.6 Å². The van der Waals surface area contributed by atoms with Crippen LogP contribution in [0, 0.1) is 0 Å². The third kappa shape index (κ3) is 5.09. The number of amides is 1. The molecule has 0 fully saturated rings. The summed E-state index contributed by atoms with van der Waals surface area (Å²) >= 11 is 0. The van der Waals surface area contributed by atoms with Gasteiger partial charge in [-0.2, -0.15) is 0 Å². The first-order valence-electron chi connectivity index (χ1n) is 7.77. The molecule has 0 heterocycles. The Morgan fingerprint density at radius 3 is 2.25 bits per heavy atom. The van der Waals surface area contributed by atoms with Gasteiger partial charge in [-0.3, -0.25) is 9.10 Å². The molecule has 2 aromatic rings. The Hall–Kier alpha value is -2.34. The van der Waals surface area contributed by atoms with Gasteiger partial charge in [-0.25, -0.2) is 8.42 Å². The Bertz CT molecular complexity index is 772. The van der Waals surface area contributed by atoms with Gasteiger partial charge in [0, 0.05) is 19.7 Å². The standard InChI is InChI=1S/C18H22N2O3S/c1-15(21)19-17-10-12-18(13-11-17)20(2)24(22,23)14-6-9-16-7-4-3-5-8-16/h3-5,7-8,10-13H,6,9,14H2,1-2H3,(H,19,21). The van der Waals surface area contributed by atoms with E-state index in [1.165, 1.54) is 11.2 Å². The number of carbonyl (C=O) groups is 1. The molecule has 0 aliphatic carbocycles. The Morgan fingerprint density at radius 2 is 1.67 bits per heavy atom. The number of aryl methyl sites for hydroxylation is 1. The summed E-state index contributed by atoms with van der Waals surface area (Å²) in [6.45, 7) is 1.43. The van der Waals surface area contributed by atoms with Gasteiger partial charge in [0.2, 0.25) is 15.9 Å². The molecule has 5 nitrogen and oxygen atoms in total. The van der Waals surface area contributed by atoms with Crippen molar-refractivity contribution < 1.29 is 13.2 Å². The van der Waals surface area contributed by atoms with Gasteiger partial charge in [0.15, 0.2) is 0 Å². The lowest BCUT2D eigenvalue weighted by Crippen LogP contribution is -2.29. The molecule has 0 saturated heterocycles. The van der Waals surface area contributed by atoms with E-state index in [0.29, 0.717) is 17.8 Å². The molecule has 0 unspecified atom stereocenters. The largest absolute Gasteiger partial charge is 0.326 e. The van der Waals surface area contributed by atoms with Crippen LogP contribution < -0.4 is 9.62 Å². The van der Waals surface area contributed by atoms with Gasteiger partial charge in [-0.1, -0.05) is 30.3 Å². The maximum absolute atomic E-state index is 12.4. The molecule has 1 N–H and O–H groups in total. The van der Waals surface area contributed by atoms with Crippen LogP contribution in [-0.2, 0) is 21.2 Å². The molecule has 2 aromatic carbocycles. The van der Waals surface area contributed by atoms with E-state index >= 15 is 0 Å². The lowest BCUT2D eigenvalue weighted by molar-refractivity contribution is -0.114. The molecular weight excluding hydrogens is 324 g/mol. The van der Waals surface area contributed by atoms with Gasteiger partial charge < -0.3 is 5.32 Å². The molecule has 0 saturated carbocycles. The van der Waals surface area contributed by atoms with Gasteiger partial charge in [0.25, 0.3) is 0 Å². The lowest BCUT2D eigenvalue weighted by atomic mass is 10.1. The highest BCUT2D eigenvalue weighted by atomic mass is 32.2. The summed E-state index contributed by atoms with van der Waals surface area (Å²) in [6, 6.07) is 16.6. The highest BCUT2D eigenvalue weighted by Crippen LogP contribution is 2.20. The normalized spacial score (nSPS) is 11.1. The summed E-state index contributed by atoms with van der Waals surface area (Å²) in [5.41, 5.74) is 2.35. The predicted molar refractivity (Wildman–Crippen MR) is 97.7 cm³/mol. The van der Waals surface area contributed by atoms with Crippen LogP contribution in [0.1, 0.15) is 18.9 Å². The number of benzene rings is 2. The van der Waals surface area contributed by atoms with Crippen LogP contribution in [0.2, 0.25) is 0 Å². The summed E-state index contributed by atoms with van der Waals surface area (Å²) in [5, 5.41) is 2.66. The van der Waals surface area contributed by atoms with Crippen molar-refractivity contribution in [2.75, 3.05) is 22.4 Å². The molecule has 0 aliphatic heterocycles. The van der Waals surface area contributed by atoms with Crippen molar-refractivity contribution in [3.63, 3.8) is 0 Å². The summed E-state index contributed by atoms with van der Waals surface area (Å²) in [5.74, 6) is -0.0732. The first-order chi connectivity index (χ1) is 11.4. The zero-order valence-corrected chi connectivity index (χ0v) is 14.7. The third-order valence-electron chi connectivity index (χ3n) is 3.68. The van der Waals surface area contributed by atoms with Gasteiger partial charge in [0.05, 0.1) is 11.4 Å².